The van der Waals surface area contributed by atoms with E-state index in [0.29, 0.717) is 17.6 Å². The van der Waals surface area contributed by atoms with Gasteiger partial charge in [0.1, 0.15) is 11.6 Å². The van der Waals surface area contributed by atoms with Gasteiger partial charge >= 0.3 is 0 Å². The summed E-state index contributed by atoms with van der Waals surface area (Å²) in [6, 6.07) is 0. The Hall–Kier alpha value is -1.65. The van der Waals surface area contributed by atoms with E-state index in [-0.39, 0.29) is 6.54 Å². The van der Waals surface area contributed by atoms with Crippen molar-refractivity contribution in [2.75, 3.05) is 11.9 Å². The van der Waals surface area contributed by atoms with Gasteiger partial charge < -0.3 is 11.1 Å². The molecule has 0 bridgehead atoms. The second-order valence-electron chi connectivity index (χ2n) is 3.70. The van der Waals surface area contributed by atoms with Crippen LogP contribution in [0.1, 0.15) is 31.2 Å². The van der Waals surface area contributed by atoms with Gasteiger partial charge in [-0.2, -0.15) is 0 Å². The number of rotatable bonds is 4. The fourth-order valence-electron chi connectivity index (χ4n) is 1.21. The van der Waals surface area contributed by atoms with E-state index >= 15 is 0 Å². The molecule has 1 rings (SSSR count). The van der Waals surface area contributed by atoms with Crippen LogP contribution in [0, 0.1) is 6.92 Å². The average Bonchev–Trinajstić information content (AvgIpc) is 2.14. The van der Waals surface area contributed by atoms with Gasteiger partial charge in [-0.15, -0.1) is 0 Å². The SMILES string of the molecule is Cc1ncc(C(C)C)c(NCC(N)=O)n1. The van der Waals surface area contributed by atoms with Crippen molar-refractivity contribution in [1.29, 1.82) is 0 Å². The molecule has 1 aromatic rings. The third kappa shape index (κ3) is 3.19. The molecule has 15 heavy (non-hydrogen) atoms. The van der Waals surface area contributed by atoms with Crippen LogP contribution in [0.4, 0.5) is 5.82 Å². The van der Waals surface area contributed by atoms with Crippen LogP contribution in [-0.2, 0) is 4.79 Å². The first-order chi connectivity index (χ1) is 7.00. The average molecular weight is 208 g/mol. The van der Waals surface area contributed by atoms with Crippen molar-refractivity contribution in [2.45, 2.75) is 26.7 Å². The maximum Gasteiger partial charge on any atom is 0.236 e. The first-order valence-corrected chi connectivity index (χ1v) is 4.86. The fourth-order valence-corrected chi connectivity index (χ4v) is 1.21. The van der Waals surface area contributed by atoms with Gasteiger partial charge in [-0.25, -0.2) is 9.97 Å². The van der Waals surface area contributed by atoms with Crippen molar-refractivity contribution in [1.82, 2.24) is 9.97 Å². The summed E-state index contributed by atoms with van der Waals surface area (Å²) in [7, 11) is 0. The highest BCUT2D eigenvalue weighted by atomic mass is 16.1. The number of amides is 1. The van der Waals surface area contributed by atoms with E-state index in [0.717, 1.165) is 5.56 Å². The van der Waals surface area contributed by atoms with Crippen LogP contribution in [0.2, 0.25) is 0 Å². The van der Waals surface area contributed by atoms with E-state index < -0.39 is 5.91 Å². The molecule has 0 fully saturated rings. The summed E-state index contributed by atoms with van der Waals surface area (Å²) in [5.41, 5.74) is 6.05. The molecule has 0 aliphatic carbocycles. The van der Waals surface area contributed by atoms with Crippen LogP contribution >= 0.6 is 0 Å². The van der Waals surface area contributed by atoms with Crippen molar-refractivity contribution >= 4 is 11.7 Å². The number of aryl methyl sites for hydroxylation is 1. The number of hydrogen-bond acceptors (Lipinski definition) is 4. The van der Waals surface area contributed by atoms with Crippen molar-refractivity contribution in [3.05, 3.63) is 17.6 Å². The number of hydrogen-bond donors (Lipinski definition) is 2. The molecule has 0 saturated heterocycles. The van der Waals surface area contributed by atoms with Crippen LogP contribution in [0.3, 0.4) is 0 Å². The highest BCUT2D eigenvalue weighted by molar-refractivity contribution is 5.78. The Labute approximate surface area is 89.1 Å². The predicted octanol–water partition coefficient (Wildman–Crippen LogP) is 0.806. The first kappa shape index (κ1) is 11.4. The molecule has 1 amide bonds. The minimum atomic E-state index is -0.402. The molecule has 0 aliphatic heterocycles. The second kappa shape index (κ2) is 4.72. The number of nitrogens with one attached hydrogen (secondary N) is 1. The molecular formula is C10H16N4O. The van der Waals surface area contributed by atoms with Crippen molar-refractivity contribution < 1.29 is 4.79 Å². The number of nitrogens with two attached hydrogens (primary N) is 1. The molecule has 5 heteroatoms. The summed E-state index contributed by atoms with van der Waals surface area (Å²) in [5, 5.41) is 2.91. The molecule has 0 saturated carbocycles. The Morgan fingerprint density at radius 2 is 2.27 bits per heavy atom. The van der Waals surface area contributed by atoms with E-state index in [1.54, 1.807) is 13.1 Å². The number of carbonyl (C=O) groups excluding carboxylic acids is 1. The lowest BCUT2D eigenvalue weighted by atomic mass is 10.1. The lowest BCUT2D eigenvalue weighted by Crippen LogP contribution is -2.23. The van der Waals surface area contributed by atoms with Gasteiger partial charge in [-0.3, -0.25) is 4.79 Å². The zero-order valence-corrected chi connectivity index (χ0v) is 9.24. The van der Waals surface area contributed by atoms with Gasteiger partial charge in [0.05, 0.1) is 6.54 Å². The summed E-state index contributed by atoms with van der Waals surface area (Å²) in [6.07, 6.45) is 1.77. The molecule has 0 aliphatic rings. The zero-order chi connectivity index (χ0) is 11.4. The Morgan fingerprint density at radius 3 is 2.80 bits per heavy atom. The monoisotopic (exact) mass is 208 g/mol. The molecule has 0 unspecified atom stereocenters. The molecule has 0 spiro atoms. The van der Waals surface area contributed by atoms with E-state index in [9.17, 15) is 4.79 Å². The number of anilines is 1. The van der Waals surface area contributed by atoms with E-state index in [4.69, 9.17) is 5.73 Å². The van der Waals surface area contributed by atoms with E-state index in [1.165, 1.54) is 0 Å². The van der Waals surface area contributed by atoms with Gasteiger partial charge in [0, 0.05) is 11.8 Å². The number of aromatic nitrogens is 2. The maximum atomic E-state index is 10.7. The van der Waals surface area contributed by atoms with Gasteiger partial charge in [0.25, 0.3) is 0 Å². The van der Waals surface area contributed by atoms with Crippen molar-refractivity contribution in [3.8, 4) is 0 Å². The molecule has 1 heterocycles. The summed E-state index contributed by atoms with van der Waals surface area (Å²) in [6.45, 7) is 5.99. The smallest absolute Gasteiger partial charge is 0.236 e. The number of primary amides is 1. The highest BCUT2D eigenvalue weighted by Gasteiger charge is 2.09. The largest absolute Gasteiger partial charge is 0.368 e. The first-order valence-electron chi connectivity index (χ1n) is 4.86. The molecule has 3 N–H and O–H groups in total. The molecule has 0 radical (unpaired) electrons. The predicted molar refractivity (Wildman–Crippen MR) is 58.5 cm³/mol. The number of nitrogens with zero attached hydrogens (tertiary/aromatic N) is 2. The standard InChI is InChI=1S/C10H16N4O/c1-6(2)8-4-12-7(3)14-10(8)13-5-9(11)15/h4,6H,5H2,1-3H3,(H2,11,15)(H,12,13,14). The van der Waals surface area contributed by atoms with Crippen LogP contribution in [0.15, 0.2) is 6.20 Å². The molecule has 0 atom stereocenters. The quantitative estimate of drug-likeness (QED) is 0.767. The van der Waals surface area contributed by atoms with Crippen LogP contribution in [0.5, 0.6) is 0 Å². The summed E-state index contributed by atoms with van der Waals surface area (Å²) in [5.74, 6) is 1.27. The second-order valence-corrected chi connectivity index (χ2v) is 3.70. The van der Waals surface area contributed by atoms with E-state index in [1.807, 2.05) is 13.8 Å². The Kier molecular flexibility index (Phi) is 3.60. The zero-order valence-electron chi connectivity index (χ0n) is 9.24. The van der Waals surface area contributed by atoms with Crippen LogP contribution < -0.4 is 11.1 Å². The van der Waals surface area contributed by atoms with Crippen molar-refractivity contribution in [3.63, 3.8) is 0 Å². The van der Waals surface area contributed by atoms with Crippen LogP contribution in [-0.4, -0.2) is 22.4 Å². The Morgan fingerprint density at radius 1 is 1.60 bits per heavy atom. The summed E-state index contributed by atoms with van der Waals surface area (Å²) in [4.78, 5) is 19.0. The minimum Gasteiger partial charge on any atom is -0.368 e. The third-order valence-electron chi connectivity index (χ3n) is 1.99. The van der Waals surface area contributed by atoms with Crippen molar-refractivity contribution in [2.24, 2.45) is 5.73 Å². The number of carbonyl (C=O) groups is 1. The van der Waals surface area contributed by atoms with E-state index in [2.05, 4.69) is 15.3 Å². The Balaban J connectivity index is 2.91. The maximum absolute atomic E-state index is 10.7. The summed E-state index contributed by atoms with van der Waals surface area (Å²) >= 11 is 0. The van der Waals surface area contributed by atoms with Gasteiger partial charge in [-0.1, -0.05) is 13.8 Å². The molecule has 1 aromatic heterocycles. The minimum absolute atomic E-state index is 0.0934. The third-order valence-corrected chi connectivity index (χ3v) is 1.99. The summed E-state index contributed by atoms with van der Waals surface area (Å²) < 4.78 is 0. The molecule has 5 nitrogen and oxygen atoms in total. The molecular weight excluding hydrogens is 192 g/mol. The lowest BCUT2D eigenvalue weighted by molar-refractivity contribution is -0.116. The molecule has 0 aromatic carbocycles. The lowest BCUT2D eigenvalue weighted by Gasteiger charge is -2.12. The topological polar surface area (TPSA) is 80.9 Å². The normalized spacial score (nSPS) is 10.4. The Bertz CT molecular complexity index is 362. The fraction of sp³-hybridized carbons (Fsp3) is 0.500. The van der Waals surface area contributed by atoms with Crippen LogP contribution in [0.25, 0.3) is 0 Å². The molecule has 82 valence electrons. The highest BCUT2D eigenvalue weighted by Crippen LogP contribution is 2.20. The van der Waals surface area contributed by atoms with Gasteiger partial charge in [0.2, 0.25) is 5.91 Å². The van der Waals surface area contributed by atoms with Gasteiger partial charge in [-0.05, 0) is 12.8 Å². The van der Waals surface area contributed by atoms with Gasteiger partial charge in [0.15, 0.2) is 0 Å².